The molecule has 0 unspecified atom stereocenters. The summed E-state index contributed by atoms with van der Waals surface area (Å²) in [6, 6.07) is 0.303. The molecule has 0 aromatic rings. The maximum atomic E-state index is 12.1. The van der Waals surface area contributed by atoms with Crippen LogP contribution >= 0.6 is 0 Å². The van der Waals surface area contributed by atoms with Gasteiger partial charge in [-0.05, 0) is 38.0 Å². The highest BCUT2D eigenvalue weighted by atomic mass is 32.2. The molecule has 1 saturated heterocycles. The van der Waals surface area contributed by atoms with Crippen molar-refractivity contribution in [1.82, 2.24) is 14.9 Å². The third kappa shape index (κ3) is 6.30. The molecule has 23 heavy (non-hydrogen) atoms. The average molecular weight is 345 g/mol. The molecule has 2 N–H and O–H groups in total. The Morgan fingerprint density at radius 3 is 2.48 bits per heavy atom. The van der Waals surface area contributed by atoms with Gasteiger partial charge in [0.05, 0.1) is 5.75 Å². The van der Waals surface area contributed by atoms with Gasteiger partial charge in [-0.2, -0.15) is 0 Å². The Morgan fingerprint density at radius 2 is 1.91 bits per heavy atom. The van der Waals surface area contributed by atoms with Gasteiger partial charge in [0.25, 0.3) is 0 Å². The van der Waals surface area contributed by atoms with Crippen LogP contribution in [-0.2, 0) is 10.0 Å². The first-order valence-corrected chi connectivity index (χ1v) is 10.6. The third-order valence-corrected chi connectivity index (χ3v) is 6.73. The van der Waals surface area contributed by atoms with E-state index in [9.17, 15) is 8.42 Å². The summed E-state index contributed by atoms with van der Waals surface area (Å²) >= 11 is 0. The fourth-order valence-electron chi connectivity index (χ4n) is 3.06. The van der Waals surface area contributed by atoms with Crippen molar-refractivity contribution in [3.8, 4) is 0 Å². The lowest BCUT2D eigenvalue weighted by Gasteiger charge is -2.32. The molecule has 0 aromatic heterocycles. The van der Waals surface area contributed by atoms with E-state index in [2.05, 4.69) is 15.6 Å². The monoisotopic (exact) mass is 344 g/mol. The molecule has 6 nitrogen and oxygen atoms in total. The number of aliphatic imine (C=N–C) groups is 1. The van der Waals surface area contributed by atoms with E-state index in [1.807, 2.05) is 6.92 Å². The smallest absolute Gasteiger partial charge is 0.214 e. The van der Waals surface area contributed by atoms with E-state index < -0.39 is 10.0 Å². The van der Waals surface area contributed by atoms with Crippen LogP contribution in [0.5, 0.6) is 0 Å². The Kier molecular flexibility index (Phi) is 7.14. The second-order valence-corrected chi connectivity index (χ2v) is 8.81. The summed E-state index contributed by atoms with van der Waals surface area (Å²) in [4.78, 5) is 4.27. The zero-order chi connectivity index (χ0) is 16.7. The lowest BCUT2D eigenvalue weighted by atomic mass is 10.1. The Morgan fingerprint density at radius 1 is 1.22 bits per heavy atom. The maximum absolute atomic E-state index is 12.1. The maximum Gasteiger partial charge on any atom is 0.214 e. The molecule has 1 aliphatic carbocycles. The standard InChI is InChI=1S/C16H32N4O2S/c1-3-13-23(21,22)20-11-8-15(9-12-20)19-16(17-2)18-10-4-5-14-6-7-14/h14-15H,3-13H2,1-2H3,(H2,17,18,19). The molecule has 2 aliphatic rings. The highest BCUT2D eigenvalue weighted by Crippen LogP contribution is 2.33. The van der Waals surface area contributed by atoms with Crippen LogP contribution < -0.4 is 10.6 Å². The Balaban J connectivity index is 1.67. The van der Waals surface area contributed by atoms with E-state index in [4.69, 9.17) is 0 Å². The zero-order valence-electron chi connectivity index (χ0n) is 14.6. The van der Waals surface area contributed by atoms with E-state index in [1.165, 1.54) is 25.7 Å². The van der Waals surface area contributed by atoms with Gasteiger partial charge in [0.1, 0.15) is 0 Å². The molecule has 7 heteroatoms. The van der Waals surface area contributed by atoms with Crippen LogP contribution in [0.2, 0.25) is 0 Å². The van der Waals surface area contributed by atoms with Gasteiger partial charge >= 0.3 is 0 Å². The molecule has 0 atom stereocenters. The van der Waals surface area contributed by atoms with Crippen LogP contribution in [-0.4, -0.2) is 57.2 Å². The largest absolute Gasteiger partial charge is 0.356 e. The summed E-state index contributed by atoms with van der Waals surface area (Å²) in [5.41, 5.74) is 0. The fraction of sp³-hybridized carbons (Fsp3) is 0.938. The van der Waals surface area contributed by atoms with Gasteiger partial charge in [0, 0.05) is 32.7 Å². The summed E-state index contributed by atoms with van der Waals surface area (Å²) in [7, 11) is -1.26. The molecule has 1 aliphatic heterocycles. The van der Waals surface area contributed by atoms with Crippen molar-refractivity contribution >= 4 is 16.0 Å². The zero-order valence-corrected chi connectivity index (χ0v) is 15.4. The molecular weight excluding hydrogens is 312 g/mol. The first-order chi connectivity index (χ1) is 11.0. The van der Waals surface area contributed by atoms with Crippen molar-refractivity contribution in [2.45, 2.75) is 57.9 Å². The van der Waals surface area contributed by atoms with Crippen LogP contribution in [0.25, 0.3) is 0 Å². The van der Waals surface area contributed by atoms with E-state index in [0.29, 0.717) is 25.6 Å². The first kappa shape index (κ1) is 18.5. The normalized spacial score (nSPS) is 21.4. The van der Waals surface area contributed by atoms with Crippen LogP contribution in [0.15, 0.2) is 4.99 Å². The number of nitrogens with zero attached hydrogens (tertiary/aromatic N) is 2. The van der Waals surface area contributed by atoms with Crippen molar-refractivity contribution in [1.29, 1.82) is 0 Å². The van der Waals surface area contributed by atoms with Crippen molar-refractivity contribution in [2.24, 2.45) is 10.9 Å². The van der Waals surface area contributed by atoms with Gasteiger partial charge in [-0.15, -0.1) is 0 Å². The van der Waals surface area contributed by atoms with Gasteiger partial charge in [0.2, 0.25) is 10.0 Å². The fourth-order valence-corrected chi connectivity index (χ4v) is 4.60. The number of guanidine groups is 1. The molecule has 0 bridgehead atoms. The summed E-state index contributed by atoms with van der Waals surface area (Å²) in [5, 5.41) is 6.80. The highest BCUT2D eigenvalue weighted by Gasteiger charge is 2.27. The minimum atomic E-state index is -3.05. The minimum Gasteiger partial charge on any atom is -0.356 e. The Hall–Kier alpha value is -0.820. The van der Waals surface area contributed by atoms with E-state index in [0.717, 1.165) is 31.3 Å². The second kappa shape index (κ2) is 8.87. The van der Waals surface area contributed by atoms with Crippen LogP contribution in [0.4, 0.5) is 0 Å². The number of hydrogen-bond acceptors (Lipinski definition) is 3. The predicted molar refractivity (Wildman–Crippen MR) is 95.1 cm³/mol. The number of nitrogens with one attached hydrogen (secondary N) is 2. The third-order valence-electron chi connectivity index (χ3n) is 4.65. The van der Waals surface area contributed by atoms with E-state index >= 15 is 0 Å². The second-order valence-electron chi connectivity index (χ2n) is 6.72. The lowest BCUT2D eigenvalue weighted by Crippen LogP contribution is -2.50. The number of hydrogen-bond donors (Lipinski definition) is 2. The van der Waals surface area contributed by atoms with Crippen molar-refractivity contribution in [3.05, 3.63) is 0 Å². The summed E-state index contributed by atoms with van der Waals surface area (Å²) in [6.07, 6.45) is 7.69. The molecule has 0 radical (unpaired) electrons. The van der Waals surface area contributed by atoms with Crippen LogP contribution in [0, 0.1) is 5.92 Å². The van der Waals surface area contributed by atoms with Gasteiger partial charge in [-0.1, -0.05) is 19.8 Å². The van der Waals surface area contributed by atoms with Gasteiger partial charge in [-0.3, -0.25) is 4.99 Å². The van der Waals surface area contributed by atoms with Crippen LogP contribution in [0.3, 0.4) is 0 Å². The van der Waals surface area contributed by atoms with E-state index in [-0.39, 0.29) is 5.75 Å². The molecule has 1 heterocycles. The summed E-state index contributed by atoms with van der Waals surface area (Å²) in [5.74, 6) is 2.08. The number of rotatable bonds is 8. The topological polar surface area (TPSA) is 73.8 Å². The summed E-state index contributed by atoms with van der Waals surface area (Å²) < 4.78 is 25.8. The minimum absolute atomic E-state index is 0.259. The Bertz CT molecular complexity index is 480. The van der Waals surface area contributed by atoms with Gasteiger partial charge < -0.3 is 10.6 Å². The summed E-state index contributed by atoms with van der Waals surface area (Å²) in [6.45, 7) is 4.09. The molecule has 0 spiro atoms. The quantitative estimate of drug-likeness (QED) is 0.398. The molecule has 1 saturated carbocycles. The molecule has 134 valence electrons. The molecule has 2 fully saturated rings. The van der Waals surface area contributed by atoms with Crippen molar-refractivity contribution in [3.63, 3.8) is 0 Å². The molecule has 2 rings (SSSR count). The average Bonchev–Trinajstić information content (AvgIpc) is 3.35. The SMILES string of the molecule is CCCS(=O)(=O)N1CCC(NC(=NC)NCCCC2CC2)CC1. The number of sulfonamides is 1. The van der Waals surface area contributed by atoms with Gasteiger partial charge in [0.15, 0.2) is 5.96 Å². The van der Waals surface area contributed by atoms with Crippen molar-refractivity contribution in [2.75, 3.05) is 32.4 Å². The van der Waals surface area contributed by atoms with Crippen molar-refractivity contribution < 1.29 is 8.42 Å². The molecule has 0 amide bonds. The number of piperidine rings is 1. The van der Waals surface area contributed by atoms with Crippen LogP contribution in [0.1, 0.15) is 51.9 Å². The van der Waals surface area contributed by atoms with Gasteiger partial charge in [-0.25, -0.2) is 12.7 Å². The lowest BCUT2D eigenvalue weighted by molar-refractivity contribution is 0.306. The predicted octanol–water partition coefficient (Wildman–Crippen LogP) is 1.55. The van der Waals surface area contributed by atoms with E-state index in [1.54, 1.807) is 11.4 Å². The molecular formula is C16H32N4O2S. The molecule has 0 aromatic carbocycles. The first-order valence-electron chi connectivity index (χ1n) is 9.00. The highest BCUT2D eigenvalue weighted by molar-refractivity contribution is 7.89. The Labute approximate surface area is 141 Å².